The van der Waals surface area contributed by atoms with Crippen molar-refractivity contribution in [1.29, 1.82) is 0 Å². The summed E-state index contributed by atoms with van der Waals surface area (Å²) in [6.07, 6.45) is 2.01. The fourth-order valence-electron chi connectivity index (χ4n) is 1.59. The molecule has 0 unspecified atom stereocenters. The van der Waals surface area contributed by atoms with E-state index in [9.17, 15) is 18.0 Å². The second kappa shape index (κ2) is 4.91. The molecule has 0 heterocycles. The van der Waals surface area contributed by atoms with Gasteiger partial charge in [0.05, 0.1) is 0 Å². The van der Waals surface area contributed by atoms with Crippen molar-refractivity contribution in [1.82, 2.24) is 5.32 Å². The van der Waals surface area contributed by atoms with E-state index in [4.69, 9.17) is 0 Å². The zero-order chi connectivity index (χ0) is 13.3. The van der Waals surface area contributed by atoms with E-state index in [0.717, 1.165) is 18.2 Å². The van der Waals surface area contributed by atoms with Crippen LogP contribution in [0.4, 0.5) is 13.2 Å². The van der Waals surface area contributed by atoms with Crippen LogP contribution in [-0.2, 0) is 0 Å². The molecule has 2 rings (SSSR count). The third kappa shape index (κ3) is 2.68. The summed E-state index contributed by atoms with van der Waals surface area (Å²) in [4.78, 5) is 11.7. The van der Waals surface area contributed by atoms with Gasteiger partial charge in [-0.1, -0.05) is 15.9 Å². The fourth-order valence-corrected chi connectivity index (χ4v) is 2.35. The molecule has 18 heavy (non-hydrogen) atoms. The van der Waals surface area contributed by atoms with Gasteiger partial charge in [-0.05, 0) is 30.4 Å². The van der Waals surface area contributed by atoms with Crippen LogP contribution in [0.3, 0.4) is 0 Å². The van der Waals surface area contributed by atoms with E-state index in [1.54, 1.807) is 0 Å². The molecule has 1 aliphatic carbocycles. The molecule has 0 radical (unpaired) electrons. The van der Waals surface area contributed by atoms with Crippen LogP contribution < -0.4 is 5.32 Å². The Balaban J connectivity index is 2.05. The molecule has 1 amide bonds. The van der Waals surface area contributed by atoms with Crippen molar-refractivity contribution in [3.05, 3.63) is 35.1 Å². The van der Waals surface area contributed by atoms with Crippen molar-refractivity contribution in [2.45, 2.75) is 12.8 Å². The number of carbonyl (C=O) groups excluding carboxylic acids is 1. The highest BCUT2D eigenvalue weighted by molar-refractivity contribution is 9.09. The first-order valence-corrected chi connectivity index (χ1v) is 6.58. The molecule has 1 aliphatic rings. The molecule has 1 aromatic carbocycles. The van der Waals surface area contributed by atoms with Crippen LogP contribution in [-0.4, -0.2) is 17.8 Å². The van der Waals surface area contributed by atoms with Gasteiger partial charge in [0.15, 0.2) is 17.5 Å². The first-order valence-electron chi connectivity index (χ1n) is 5.46. The van der Waals surface area contributed by atoms with E-state index in [1.807, 2.05) is 0 Å². The molecular formula is C12H11BrF3NO. The summed E-state index contributed by atoms with van der Waals surface area (Å²) < 4.78 is 38.6. The van der Waals surface area contributed by atoms with Crippen LogP contribution in [0.1, 0.15) is 23.2 Å². The quantitative estimate of drug-likeness (QED) is 0.670. The highest BCUT2D eigenvalue weighted by Crippen LogP contribution is 2.46. The minimum Gasteiger partial charge on any atom is -0.351 e. The normalized spacial score (nSPS) is 16.4. The number of hydrogen-bond acceptors (Lipinski definition) is 1. The van der Waals surface area contributed by atoms with E-state index in [2.05, 4.69) is 21.2 Å². The maximum atomic E-state index is 13.0. The van der Waals surface area contributed by atoms with Gasteiger partial charge in [-0.2, -0.15) is 0 Å². The van der Waals surface area contributed by atoms with E-state index in [1.165, 1.54) is 0 Å². The summed E-state index contributed by atoms with van der Waals surface area (Å²) in [5, 5.41) is 3.37. The van der Waals surface area contributed by atoms with Crippen LogP contribution in [0.15, 0.2) is 12.1 Å². The highest BCUT2D eigenvalue weighted by atomic mass is 79.9. The van der Waals surface area contributed by atoms with Crippen molar-refractivity contribution in [2.75, 3.05) is 11.9 Å². The smallest absolute Gasteiger partial charge is 0.251 e. The van der Waals surface area contributed by atoms with Crippen molar-refractivity contribution < 1.29 is 18.0 Å². The Labute approximate surface area is 111 Å². The SMILES string of the molecule is O=C(NCC1(CBr)CC1)c1cc(F)c(F)c(F)c1. The number of nitrogens with one attached hydrogen (secondary N) is 1. The molecule has 0 atom stereocenters. The lowest BCUT2D eigenvalue weighted by Crippen LogP contribution is -2.31. The summed E-state index contributed by atoms with van der Waals surface area (Å²) in [5.74, 6) is -4.88. The molecule has 0 aromatic heterocycles. The van der Waals surface area contributed by atoms with Gasteiger partial charge < -0.3 is 5.32 Å². The highest BCUT2D eigenvalue weighted by Gasteiger charge is 2.41. The van der Waals surface area contributed by atoms with Gasteiger partial charge in [-0.3, -0.25) is 4.79 Å². The van der Waals surface area contributed by atoms with Crippen molar-refractivity contribution in [3.63, 3.8) is 0 Å². The number of carbonyl (C=O) groups is 1. The Kier molecular flexibility index (Phi) is 3.66. The Hall–Kier alpha value is -1.04. The average Bonchev–Trinajstić information content (AvgIpc) is 3.13. The summed E-state index contributed by atoms with van der Waals surface area (Å²) >= 11 is 3.35. The summed E-state index contributed by atoms with van der Waals surface area (Å²) in [6, 6.07) is 1.39. The first kappa shape index (κ1) is 13.4. The van der Waals surface area contributed by atoms with Crippen LogP contribution in [0.5, 0.6) is 0 Å². The predicted octanol–water partition coefficient (Wildman–Crippen LogP) is 3.01. The molecule has 0 aliphatic heterocycles. The second-order valence-electron chi connectivity index (χ2n) is 4.57. The summed E-state index contributed by atoms with van der Waals surface area (Å²) in [7, 11) is 0. The lowest BCUT2D eigenvalue weighted by molar-refractivity contribution is 0.0945. The topological polar surface area (TPSA) is 29.1 Å². The van der Waals surface area contributed by atoms with Gasteiger partial charge in [-0.15, -0.1) is 0 Å². The molecule has 1 aromatic rings. The van der Waals surface area contributed by atoms with E-state index in [-0.39, 0.29) is 11.0 Å². The molecule has 2 nitrogen and oxygen atoms in total. The molecule has 0 saturated heterocycles. The standard InChI is InChI=1S/C12H11BrF3NO/c13-5-12(1-2-12)6-17-11(18)7-3-8(14)10(16)9(15)4-7/h3-4H,1-2,5-6H2,(H,17,18). The third-order valence-electron chi connectivity index (χ3n) is 3.11. The number of benzene rings is 1. The van der Waals surface area contributed by atoms with Gasteiger partial charge in [0, 0.05) is 17.4 Å². The van der Waals surface area contributed by atoms with Crippen LogP contribution >= 0.6 is 15.9 Å². The van der Waals surface area contributed by atoms with E-state index < -0.39 is 23.4 Å². The maximum Gasteiger partial charge on any atom is 0.251 e. The molecule has 0 bridgehead atoms. The van der Waals surface area contributed by atoms with Gasteiger partial charge in [0.1, 0.15) is 0 Å². The van der Waals surface area contributed by atoms with Crippen LogP contribution in [0.25, 0.3) is 0 Å². The number of alkyl halides is 1. The van der Waals surface area contributed by atoms with E-state index >= 15 is 0 Å². The zero-order valence-electron chi connectivity index (χ0n) is 9.40. The first-order chi connectivity index (χ1) is 8.47. The number of rotatable bonds is 4. The van der Waals surface area contributed by atoms with Gasteiger partial charge in [-0.25, -0.2) is 13.2 Å². The number of amides is 1. The molecule has 1 saturated carbocycles. The van der Waals surface area contributed by atoms with Gasteiger partial charge >= 0.3 is 0 Å². The third-order valence-corrected chi connectivity index (χ3v) is 4.30. The Morgan fingerprint density at radius 3 is 2.28 bits per heavy atom. The summed E-state index contributed by atoms with van der Waals surface area (Å²) in [6.45, 7) is 0.442. The largest absolute Gasteiger partial charge is 0.351 e. The van der Waals surface area contributed by atoms with Gasteiger partial charge in [0.2, 0.25) is 0 Å². The van der Waals surface area contributed by atoms with Crippen molar-refractivity contribution in [3.8, 4) is 0 Å². The Morgan fingerprint density at radius 2 is 1.83 bits per heavy atom. The predicted molar refractivity (Wildman–Crippen MR) is 64.1 cm³/mol. The molecule has 1 fully saturated rings. The summed E-state index contributed by atoms with van der Waals surface area (Å²) in [5.41, 5.74) is -0.149. The maximum absolute atomic E-state index is 13.0. The lowest BCUT2D eigenvalue weighted by atomic mass is 10.1. The fraction of sp³-hybridized carbons (Fsp3) is 0.417. The Bertz CT molecular complexity index is 465. The lowest BCUT2D eigenvalue weighted by Gasteiger charge is -2.12. The molecule has 1 N–H and O–H groups in total. The molecular weight excluding hydrogens is 311 g/mol. The second-order valence-corrected chi connectivity index (χ2v) is 5.13. The minimum absolute atomic E-state index is 0.0623. The Morgan fingerprint density at radius 1 is 1.28 bits per heavy atom. The van der Waals surface area contributed by atoms with Crippen LogP contribution in [0, 0.1) is 22.9 Å². The molecule has 0 spiro atoms. The van der Waals surface area contributed by atoms with Crippen molar-refractivity contribution >= 4 is 21.8 Å². The zero-order valence-corrected chi connectivity index (χ0v) is 11.0. The number of hydrogen-bond donors (Lipinski definition) is 1. The molecule has 6 heteroatoms. The van der Waals surface area contributed by atoms with E-state index in [0.29, 0.717) is 18.7 Å². The average molecular weight is 322 g/mol. The van der Waals surface area contributed by atoms with Crippen LogP contribution in [0.2, 0.25) is 0 Å². The minimum atomic E-state index is -1.56. The van der Waals surface area contributed by atoms with Crippen molar-refractivity contribution in [2.24, 2.45) is 5.41 Å². The van der Waals surface area contributed by atoms with Gasteiger partial charge in [0.25, 0.3) is 5.91 Å². The monoisotopic (exact) mass is 321 g/mol. The molecule has 98 valence electrons. The number of halogens is 4.